The SMILES string of the molecule is C=Cc1ccc(O)c(S(C)(=O)=O)c1. The predicted molar refractivity (Wildman–Crippen MR) is 51.3 cm³/mol. The van der Waals surface area contributed by atoms with Crippen LogP contribution in [0.15, 0.2) is 29.7 Å². The van der Waals surface area contributed by atoms with E-state index in [0.29, 0.717) is 5.56 Å². The smallest absolute Gasteiger partial charge is 0.179 e. The minimum Gasteiger partial charge on any atom is -0.507 e. The Balaban J connectivity index is 3.44. The molecule has 1 N–H and O–H groups in total. The molecule has 0 atom stereocenters. The van der Waals surface area contributed by atoms with Crippen LogP contribution in [0.3, 0.4) is 0 Å². The standard InChI is InChI=1S/C9H10O3S/c1-3-7-4-5-8(10)9(6-7)13(2,11)12/h3-6,10H,1H2,2H3. The van der Waals surface area contributed by atoms with Gasteiger partial charge in [0.15, 0.2) is 9.84 Å². The van der Waals surface area contributed by atoms with E-state index in [1.165, 1.54) is 18.2 Å². The second kappa shape index (κ2) is 3.22. The van der Waals surface area contributed by atoms with Crippen molar-refractivity contribution in [1.29, 1.82) is 0 Å². The van der Waals surface area contributed by atoms with Gasteiger partial charge in [-0.25, -0.2) is 8.42 Å². The fourth-order valence-corrected chi connectivity index (χ4v) is 1.75. The quantitative estimate of drug-likeness (QED) is 0.782. The minimum absolute atomic E-state index is 0.0649. The van der Waals surface area contributed by atoms with Gasteiger partial charge in [-0.3, -0.25) is 0 Å². The summed E-state index contributed by atoms with van der Waals surface area (Å²) in [6.45, 7) is 3.51. The van der Waals surface area contributed by atoms with Crippen molar-refractivity contribution in [3.63, 3.8) is 0 Å². The molecule has 0 amide bonds. The molecular weight excluding hydrogens is 188 g/mol. The average Bonchev–Trinajstić information content (AvgIpc) is 2.03. The zero-order valence-corrected chi connectivity index (χ0v) is 8.00. The van der Waals surface area contributed by atoms with Crippen LogP contribution in [-0.2, 0) is 9.84 Å². The highest BCUT2D eigenvalue weighted by atomic mass is 32.2. The highest BCUT2D eigenvalue weighted by Gasteiger charge is 2.12. The third-order valence-electron chi connectivity index (χ3n) is 1.62. The van der Waals surface area contributed by atoms with E-state index in [4.69, 9.17) is 0 Å². The van der Waals surface area contributed by atoms with E-state index in [-0.39, 0.29) is 10.6 Å². The lowest BCUT2D eigenvalue weighted by molar-refractivity contribution is 0.459. The number of phenolic OH excluding ortho intramolecular Hbond substituents is 1. The van der Waals surface area contributed by atoms with Crippen LogP contribution in [0.2, 0.25) is 0 Å². The van der Waals surface area contributed by atoms with Crippen LogP contribution in [0.1, 0.15) is 5.56 Å². The van der Waals surface area contributed by atoms with E-state index in [1.54, 1.807) is 6.07 Å². The topological polar surface area (TPSA) is 54.4 Å². The van der Waals surface area contributed by atoms with Gasteiger partial charge < -0.3 is 5.11 Å². The van der Waals surface area contributed by atoms with Gasteiger partial charge in [-0.1, -0.05) is 18.7 Å². The first-order valence-corrected chi connectivity index (χ1v) is 5.50. The number of aromatic hydroxyl groups is 1. The average molecular weight is 198 g/mol. The molecule has 1 aromatic carbocycles. The molecule has 0 saturated carbocycles. The molecule has 0 aliphatic heterocycles. The summed E-state index contributed by atoms with van der Waals surface area (Å²) >= 11 is 0. The fourth-order valence-electron chi connectivity index (χ4n) is 0.955. The van der Waals surface area contributed by atoms with Crippen LogP contribution in [0.5, 0.6) is 5.75 Å². The summed E-state index contributed by atoms with van der Waals surface area (Å²) in [4.78, 5) is -0.0649. The lowest BCUT2D eigenvalue weighted by atomic mass is 10.2. The van der Waals surface area contributed by atoms with Crippen molar-refractivity contribution < 1.29 is 13.5 Å². The maximum absolute atomic E-state index is 11.1. The number of hydrogen-bond acceptors (Lipinski definition) is 3. The van der Waals surface area contributed by atoms with Crippen LogP contribution in [0, 0.1) is 0 Å². The molecule has 0 fully saturated rings. The van der Waals surface area contributed by atoms with E-state index in [9.17, 15) is 13.5 Å². The molecule has 1 aromatic rings. The van der Waals surface area contributed by atoms with Gasteiger partial charge in [0.1, 0.15) is 10.6 Å². The Bertz CT molecular complexity index is 432. The van der Waals surface area contributed by atoms with Gasteiger partial charge in [-0.15, -0.1) is 0 Å². The molecule has 0 aliphatic carbocycles. The van der Waals surface area contributed by atoms with Gasteiger partial charge in [0.25, 0.3) is 0 Å². The summed E-state index contributed by atoms with van der Waals surface area (Å²) in [5.41, 5.74) is 0.665. The van der Waals surface area contributed by atoms with Gasteiger partial charge in [0, 0.05) is 6.26 Å². The van der Waals surface area contributed by atoms with Gasteiger partial charge in [0.2, 0.25) is 0 Å². The molecule has 70 valence electrons. The molecule has 1 rings (SSSR count). The van der Waals surface area contributed by atoms with Gasteiger partial charge in [0.05, 0.1) is 0 Å². The van der Waals surface area contributed by atoms with Gasteiger partial charge in [-0.05, 0) is 17.7 Å². The Kier molecular flexibility index (Phi) is 2.43. The second-order valence-corrected chi connectivity index (χ2v) is 4.69. The van der Waals surface area contributed by atoms with Crippen molar-refractivity contribution in [2.24, 2.45) is 0 Å². The molecule has 0 saturated heterocycles. The van der Waals surface area contributed by atoms with Gasteiger partial charge >= 0.3 is 0 Å². The molecule has 0 aromatic heterocycles. The Labute approximate surface area is 77.3 Å². The van der Waals surface area contributed by atoms with Crippen LogP contribution in [-0.4, -0.2) is 19.8 Å². The zero-order chi connectivity index (χ0) is 10.1. The van der Waals surface area contributed by atoms with Crippen molar-refractivity contribution in [1.82, 2.24) is 0 Å². The van der Waals surface area contributed by atoms with Crippen LogP contribution >= 0.6 is 0 Å². The highest BCUT2D eigenvalue weighted by molar-refractivity contribution is 7.90. The summed E-state index contributed by atoms with van der Waals surface area (Å²) < 4.78 is 22.3. The third-order valence-corrected chi connectivity index (χ3v) is 2.74. The van der Waals surface area contributed by atoms with Crippen LogP contribution in [0.25, 0.3) is 6.08 Å². The summed E-state index contributed by atoms with van der Waals surface area (Å²) in [5.74, 6) is -0.229. The molecule has 3 nitrogen and oxygen atoms in total. The number of benzene rings is 1. The number of phenols is 1. The maximum Gasteiger partial charge on any atom is 0.179 e. The Morgan fingerprint density at radius 1 is 1.46 bits per heavy atom. The Morgan fingerprint density at radius 2 is 2.08 bits per heavy atom. The van der Waals surface area contributed by atoms with Crippen molar-refractivity contribution in [2.45, 2.75) is 4.90 Å². The normalized spacial score (nSPS) is 11.2. The largest absolute Gasteiger partial charge is 0.507 e. The first-order chi connectivity index (χ1) is 5.95. The molecule has 0 unspecified atom stereocenters. The Morgan fingerprint density at radius 3 is 2.54 bits per heavy atom. The zero-order valence-electron chi connectivity index (χ0n) is 7.19. The highest BCUT2D eigenvalue weighted by Crippen LogP contribution is 2.23. The third kappa shape index (κ3) is 2.09. The first kappa shape index (κ1) is 9.80. The van der Waals surface area contributed by atoms with E-state index >= 15 is 0 Å². The van der Waals surface area contributed by atoms with Crippen molar-refractivity contribution >= 4 is 15.9 Å². The van der Waals surface area contributed by atoms with E-state index < -0.39 is 9.84 Å². The summed E-state index contributed by atoms with van der Waals surface area (Å²) in [6, 6.07) is 4.32. The number of sulfone groups is 1. The molecule has 0 spiro atoms. The van der Waals surface area contributed by atoms with E-state index in [0.717, 1.165) is 6.26 Å². The van der Waals surface area contributed by atoms with Crippen LogP contribution < -0.4 is 0 Å². The number of hydrogen-bond donors (Lipinski definition) is 1. The number of rotatable bonds is 2. The van der Waals surface area contributed by atoms with Crippen molar-refractivity contribution in [2.75, 3.05) is 6.26 Å². The molecular formula is C9H10O3S. The first-order valence-electron chi connectivity index (χ1n) is 3.60. The van der Waals surface area contributed by atoms with Crippen LogP contribution in [0.4, 0.5) is 0 Å². The van der Waals surface area contributed by atoms with Crippen molar-refractivity contribution in [3.8, 4) is 5.75 Å². The summed E-state index contributed by atoms with van der Waals surface area (Å²) in [7, 11) is -3.36. The summed E-state index contributed by atoms with van der Waals surface area (Å²) in [5, 5.41) is 9.25. The maximum atomic E-state index is 11.1. The molecule has 13 heavy (non-hydrogen) atoms. The van der Waals surface area contributed by atoms with Gasteiger partial charge in [-0.2, -0.15) is 0 Å². The minimum atomic E-state index is -3.36. The molecule has 0 heterocycles. The summed E-state index contributed by atoms with van der Waals surface area (Å²) in [6.07, 6.45) is 2.57. The molecule has 0 radical (unpaired) electrons. The predicted octanol–water partition coefficient (Wildman–Crippen LogP) is 1.44. The molecule has 0 aliphatic rings. The Hall–Kier alpha value is -1.29. The van der Waals surface area contributed by atoms with Crippen molar-refractivity contribution in [3.05, 3.63) is 30.3 Å². The second-order valence-electron chi connectivity index (χ2n) is 2.70. The van der Waals surface area contributed by atoms with E-state index in [1.807, 2.05) is 0 Å². The van der Waals surface area contributed by atoms with E-state index in [2.05, 4.69) is 6.58 Å². The lowest BCUT2D eigenvalue weighted by Gasteiger charge is -2.02. The monoisotopic (exact) mass is 198 g/mol. The molecule has 4 heteroatoms. The fraction of sp³-hybridized carbons (Fsp3) is 0.111. The molecule has 0 bridgehead atoms. The lowest BCUT2D eigenvalue weighted by Crippen LogP contribution is -1.97.